The first-order valence-electron chi connectivity index (χ1n) is 7.61. The normalized spacial score (nSPS) is 22.7. The largest absolute Gasteiger partial charge is 0.352 e. The second kappa shape index (κ2) is 5.81. The molecule has 5 heterocycles. The van der Waals surface area contributed by atoms with Gasteiger partial charge in [0.05, 0.1) is 12.1 Å². The van der Waals surface area contributed by atoms with Crippen molar-refractivity contribution in [3.8, 4) is 0 Å². The van der Waals surface area contributed by atoms with Crippen LogP contribution in [-0.4, -0.2) is 57.2 Å². The standard InChI is InChI=1S/C16H17N5OS/c1-23-16-18-7-4-14(19-16)20-9-12-8-13(10-20)21(12)15(22)11-2-5-17-6-3-11/h2-7,12-13H,8-10H2,1H3. The number of carbonyl (C=O) groups excluding carboxylic acids is 1. The van der Waals surface area contributed by atoms with Gasteiger partial charge in [-0.15, -0.1) is 0 Å². The van der Waals surface area contributed by atoms with Crippen LogP contribution in [0.25, 0.3) is 0 Å². The molecule has 2 atom stereocenters. The minimum absolute atomic E-state index is 0.112. The van der Waals surface area contributed by atoms with Gasteiger partial charge in [-0.2, -0.15) is 0 Å². The Morgan fingerprint density at radius 3 is 2.61 bits per heavy atom. The zero-order valence-corrected chi connectivity index (χ0v) is 13.6. The van der Waals surface area contributed by atoms with E-state index in [1.165, 1.54) is 0 Å². The summed E-state index contributed by atoms with van der Waals surface area (Å²) in [5, 5.41) is 0.784. The summed E-state index contributed by atoms with van der Waals surface area (Å²) in [6, 6.07) is 6.04. The Kier molecular flexibility index (Phi) is 3.65. The quantitative estimate of drug-likeness (QED) is 0.632. The summed E-state index contributed by atoms with van der Waals surface area (Å²) in [6.45, 7) is 1.66. The number of carbonyl (C=O) groups is 1. The molecule has 3 aliphatic rings. The van der Waals surface area contributed by atoms with E-state index in [0.717, 1.165) is 36.0 Å². The maximum Gasteiger partial charge on any atom is 0.254 e. The van der Waals surface area contributed by atoms with E-state index in [1.54, 1.807) is 42.5 Å². The monoisotopic (exact) mass is 327 g/mol. The van der Waals surface area contributed by atoms with Crippen molar-refractivity contribution in [1.29, 1.82) is 0 Å². The second-order valence-electron chi connectivity index (χ2n) is 5.80. The molecule has 0 aliphatic carbocycles. The van der Waals surface area contributed by atoms with Gasteiger partial charge in [-0.25, -0.2) is 9.97 Å². The first-order chi connectivity index (χ1) is 11.3. The molecular weight excluding hydrogens is 310 g/mol. The van der Waals surface area contributed by atoms with Crippen LogP contribution in [0, 0.1) is 0 Å². The fourth-order valence-corrected chi connectivity index (χ4v) is 3.73. The van der Waals surface area contributed by atoms with Gasteiger partial charge in [0.25, 0.3) is 5.91 Å². The molecule has 2 aromatic heterocycles. The molecule has 3 fully saturated rings. The van der Waals surface area contributed by atoms with Gasteiger partial charge >= 0.3 is 0 Å². The van der Waals surface area contributed by atoms with E-state index in [4.69, 9.17) is 0 Å². The molecule has 2 unspecified atom stereocenters. The fraction of sp³-hybridized carbons (Fsp3) is 0.375. The number of fused-ring (bicyclic) bond motifs is 2. The molecule has 118 valence electrons. The summed E-state index contributed by atoms with van der Waals surface area (Å²) < 4.78 is 0. The highest BCUT2D eigenvalue weighted by Crippen LogP contribution is 2.35. The Labute approximate surface area is 138 Å². The second-order valence-corrected chi connectivity index (χ2v) is 6.57. The van der Waals surface area contributed by atoms with Gasteiger partial charge < -0.3 is 9.80 Å². The summed E-state index contributed by atoms with van der Waals surface area (Å²) in [5.41, 5.74) is 0.717. The SMILES string of the molecule is CSc1nccc(N2CC3CC(C2)N3C(=O)c2ccncc2)n1. The van der Waals surface area contributed by atoms with Crippen LogP contribution in [0.3, 0.4) is 0 Å². The van der Waals surface area contributed by atoms with E-state index in [0.29, 0.717) is 0 Å². The highest BCUT2D eigenvalue weighted by Gasteiger charge is 2.47. The average Bonchev–Trinajstić information content (AvgIpc) is 2.62. The number of hydrogen-bond acceptors (Lipinski definition) is 6. The summed E-state index contributed by atoms with van der Waals surface area (Å²) in [5.74, 6) is 1.07. The third-order valence-electron chi connectivity index (χ3n) is 4.48. The molecule has 5 rings (SSSR count). The van der Waals surface area contributed by atoms with Crippen molar-refractivity contribution in [3.05, 3.63) is 42.4 Å². The highest BCUT2D eigenvalue weighted by molar-refractivity contribution is 7.98. The van der Waals surface area contributed by atoms with Gasteiger partial charge in [0, 0.05) is 37.2 Å². The molecule has 6 nitrogen and oxygen atoms in total. The summed E-state index contributed by atoms with van der Waals surface area (Å²) in [6.07, 6.45) is 8.18. The maximum absolute atomic E-state index is 12.6. The minimum atomic E-state index is 0.112. The Bertz CT molecular complexity index is 713. The van der Waals surface area contributed by atoms with E-state index in [2.05, 4.69) is 19.9 Å². The van der Waals surface area contributed by atoms with Crippen molar-refractivity contribution in [2.45, 2.75) is 23.7 Å². The van der Waals surface area contributed by atoms with Crippen LogP contribution in [0.2, 0.25) is 0 Å². The number of rotatable bonds is 3. The van der Waals surface area contributed by atoms with Gasteiger partial charge in [-0.05, 0) is 30.9 Å². The van der Waals surface area contributed by atoms with Gasteiger partial charge in [0.15, 0.2) is 5.16 Å². The zero-order chi connectivity index (χ0) is 15.8. The lowest BCUT2D eigenvalue weighted by Crippen LogP contribution is -2.70. The number of thioether (sulfide) groups is 1. The average molecular weight is 327 g/mol. The van der Waals surface area contributed by atoms with Crippen LogP contribution >= 0.6 is 11.8 Å². The van der Waals surface area contributed by atoms with E-state index < -0.39 is 0 Å². The smallest absolute Gasteiger partial charge is 0.254 e. The van der Waals surface area contributed by atoms with Crippen molar-refractivity contribution in [1.82, 2.24) is 19.9 Å². The highest BCUT2D eigenvalue weighted by atomic mass is 32.2. The van der Waals surface area contributed by atoms with E-state index in [-0.39, 0.29) is 18.0 Å². The number of piperazine rings is 1. The van der Waals surface area contributed by atoms with Gasteiger partial charge in [0.2, 0.25) is 0 Å². The third kappa shape index (κ3) is 2.55. The molecule has 1 amide bonds. The Morgan fingerprint density at radius 1 is 1.17 bits per heavy atom. The first-order valence-corrected chi connectivity index (χ1v) is 8.83. The number of piperidine rings is 1. The Morgan fingerprint density at radius 2 is 1.91 bits per heavy atom. The Hall–Kier alpha value is -2.15. The van der Waals surface area contributed by atoms with Crippen molar-refractivity contribution >= 4 is 23.5 Å². The van der Waals surface area contributed by atoms with Crippen LogP contribution in [0.4, 0.5) is 5.82 Å². The molecule has 23 heavy (non-hydrogen) atoms. The molecule has 0 saturated carbocycles. The molecule has 7 heteroatoms. The molecule has 0 radical (unpaired) electrons. The number of anilines is 1. The third-order valence-corrected chi connectivity index (χ3v) is 5.04. The molecule has 2 aromatic rings. The van der Waals surface area contributed by atoms with Crippen molar-refractivity contribution in [2.75, 3.05) is 24.2 Å². The van der Waals surface area contributed by atoms with Gasteiger partial charge in [0.1, 0.15) is 5.82 Å². The Balaban J connectivity index is 1.49. The summed E-state index contributed by atoms with van der Waals surface area (Å²) >= 11 is 1.54. The van der Waals surface area contributed by atoms with Crippen LogP contribution in [0.15, 0.2) is 41.9 Å². The number of nitrogens with zero attached hydrogens (tertiary/aromatic N) is 5. The number of hydrogen-bond donors (Lipinski definition) is 0. The van der Waals surface area contributed by atoms with Crippen molar-refractivity contribution < 1.29 is 4.79 Å². The van der Waals surface area contributed by atoms with Crippen LogP contribution in [-0.2, 0) is 0 Å². The minimum Gasteiger partial charge on any atom is -0.352 e. The van der Waals surface area contributed by atoms with Crippen LogP contribution in [0.1, 0.15) is 16.8 Å². The lowest BCUT2D eigenvalue weighted by molar-refractivity contribution is 0.00573. The molecule has 3 aliphatic heterocycles. The molecule has 3 saturated heterocycles. The molecular formula is C16H17N5OS. The first kappa shape index (κ1) is 14.4. The number of amides is 1. The maximum atomic E-state index is 12.6. The van der Waals surface area contributed by atoms with Crippen LogP contribution in [0.5, 0.6) is 0 Å². The molecule has 2 bridgehead atoms. The zero-order valence-electron chi connectivity index (χ0n) is 12.8. The van der Waals surface area contributed by atoms with Crippen molar-refractivity contribution in [2.24, 2.45) is 0 Å². The van der Waals surface area contributed by atoms with E-state index in [1.807, 2.05) is 17.2 Å². The van der Waals surface area contributed by atoms with Crippen molar-refractivity contribution in [3.63, 3.8) is 0 Å². The topological polar surface area (TPSA) is 62.2 Å². The van der Waals surface area contributed by atoms with Crippen LogP contribution < -0.4 is 4.90 Å². The predicted molar refractivity (Wildman–Crippen MR) is 88.6 cm³/mol. The van der Waals surface area contributed by atoms with E-state index in [9.17, 15) is 4.79 Å². The lowest BCUT2D eigenvalue weighted by atomic mass is 9.86. The van der Waals surface area contributed by atoms with Gasteiger partial charge in [-0.3, -0.25) is 9.78 Å². The molecule has 0 spiro atoms. The number of pyridine rings is 1. The summed E-state index contributed by atoms with van der Waals surface area (Å²) in [4.78, 5) is 29.7. The van der Waals surface area contributed by atoms with E-state index >= 15 is 0 Å². The number of aromatic nitrogens is 3. The molecule has 0 N–H and O–H groups in total. The lowest BCUT2D eigenvalue weighted by Gasteiger charge is -2.56. The summed E-state index contributed by atoms with van der Waals surface area (Å²) in [7, 11) is 0. The fourth-order valence-electron chi connectivity index (χ4n) is 3.38. The predicted octanol–water partition coefficient (Wildman–Crippen LogP) is 1.70. The van der Waals surface area contributed by atoms with Gasteiger partial charge in [-0.1, -0.05) is 11.8 Å². The molecule has 0 aromatic carbocycles.